The zero-order chi connectivity index (χ0) is 14.1. The van der Waals surface area contributed by atoms with Crippen LogP contribution in [0.1, 0.15) is 58.1 Å². The summed E-state index contributed by atoms with van der Waals surface area (Å²) in [6.45, 7) is 7.91. The lowest BCUT2D eigenvalue weighted by atomic mass is 9.93. The van der Waals surface area contributed by atoms with Crippen molar-refractivity contribution in [3.63, 3.8) is 0 Å². The lowest BCUT2D eigenvalue weighted by Gasteiger charge is -2.23. The summed E-state index contributed by atoms with van der Waals surface area (Å²) in [4.78, 5) is 0. The Morgan fingerprint density at radius 2 is 1.79 bits per heavy atom. The van der Waals surface area contributed by atoms with Gasteiger partial charge in [0.15, 0.2) is 0 Å². The Labute approximate surface area is 118 Å². The van der Waals surface area contributed by atoms with E-state index in [0.717, 1.165) is 18.2 Å². The highest BCUT2D eigenvalue weighted by molar-refractivity contribution is 5.29. The molecule has 0 radical (unpaired) electrons. The number of rotatable bonds is 9. The normalized spacial score (nSPS) is 14.1. The Hall–Kier alpha value is -1.02. The molecule has 0 aromatic heterocycles. The summed E-state index contributed by atoms with van der Waals surface area (Å²) in [6.07, 6.45) is 4.96. The summed E-state index contributed by atoms with van der Waals surface area (Å²) >= 11 is 0. The monoisotopic (exact) mass is 263 g/mol. The maximum atomic E-state index is 5.23. The molecular formula is C17H29NO. The van der Waals surface area contributed by atoms with Gasteiger partial charge in [-0.15, -0.1) is 0 Å². The number of methoxy groups -OCH3 is 1. The molecule has 1 aromatic carbocycles. The SMILES string of the molecule is CCCNC(CC(C)CCC)c1ccc(OC)cc1. The molecular weight excluding hydrogens is 234 g/mol. The van der Waals surface area contributed by atoms with E-state index < -0.39 is 0 Å². The fourth-order valence-electron chi connectivity index (χ4n) is 2.51. The first kappa shape index (κ1) is 16.0. The predicted molar refractivity (Wildman–Crippen MR) is 82.7 cm³/mol. The quantitative estimate of drug-likeness (QED) is 0.705. The minimum atomic E-state index is 0.465. The third-order valence-corrected chi connectivity index (χ3v) is 3.58. The van der Waals surface area contributed by atoms with Crippen LogP contribution in [-0.2, 0) is 0 Å². The summed E-state index contributed by atoms with van der Waals surface area (Å²) in [7, 11) is 1.71. The molecule has 2 heteroatoms. The molecule has 1 rings (SSSR count). The van der Waals surface area contributed by atoms with Gasteiger partial charge in [-0.1, -0.05) is 45.7 Å². The minimum Gasteiger partial charge on any atom is -0.497 e. The third-order valence-electron chi connectivity index (χ3n) is 3.58. The average Bonchev–Trinajstić information content (AvgIpc) is 2.44. The van der Waals surface area contributed by atoms with Crippen molar-refractivity contribution in [3.05, 3.63) is 29.8 Å². The molecule has 0 bridgehead atoms. The molecule has 0 amide bonds. The van der Waals surface area contributed by atoms with E-state index in [9.17, 15) is 0 Å². The average molecular weight is 263 g/mol. The van der Waals surface area contributed by atoms with Crippen molar-refractivity contribution in [1.29, 1.82) is 0 Å². The molecule has 0 aliphatic carbocycles. The zero-order valence-electron chi connectivity index (χ0n) is 12.9. The third kappa shape index (κ3) is 5.65. The maximum Gasteiger partial charge on any atom is 0.118 e. The number of hydrogen-bond donors (Lipinski definition) is 1. The summed E-state index contributed by atoms with van der Waals surface area (Å²) in [5.41, 5.74) is 1.37. The molecule has 0 aliphatic heterocycles. The first-order chi connectivity index (χ1) is 9.21. The van der Waals surface area contributed by atoms with Crippen LogP contribution in [0.15, 0.2) is 24.3 Å². The molecule has 0 fully saturated rings. The van der Waals surface area contributed by atoms with Crippen LogP contribution in [-0.4, -0.2) is 13.7 Å². The van der Waals surface area contributed by atoms with E-state index in [1.165, 1.54) is 31.2 Å². The van der Waals surface area contributed by atoms with Crippen LogP contribution in [0, 0.1) is 5.92 Å². The number of ether oxygens (including phenoxy) is 1. The van der Waals surface area contributed by atoms with Crippen LogP contribution >= 0.6 is 0 Å². The van der Waals surface area contributed by atoms with Crippen molar-refractivity contribution in [1.82, 2.24) is 5.32 Å². The largest absolute Gasteiger partial charge is 0.497 e. The topological polar surface area (TPSA) is 21.3 Å². The van der Waals surface area contributed by atoms with Gasteiger partial charge in [-0.3, -0.25) is 0 Å². The number of hydrogen-bond acceptors (Lipinski definition) is 2. The van der Waals surface area contributed by atoms with Crippen LogP contribution in [0.3, 0.4) is 0 Å². The van der Waals surface area contributed by atoms with Gasteiger partial charge in [0.1, 0.15) is 5.75 Å². The zero-order valence-corrected chi connectivity index (χ0v) is 12.9. The van der Waals surface area contributed by atoms with Crippen molar-refractivity contribution >= 4 is 0 Å². The second kappa shape index (κ2) is 8.98. The molecule has 108 valence electrons. The smallest absolute Gasteiger partial charge is 0.118 e. The van der Waals surface area contributed by atoms with Gasteiger partial charge in [-0.2, -0.15) is 0 Å². The van der Waals surface area contributed by atoms with E-state index in [0.29, 0.717) is 6.04 Å². The van der Waals surface area contributed by atoms with Crippen molar-refractivity contribution in [2.45, 2.75) is 52.5 Å². The van der Waals surface area contributed by atoms with Crippen LogP contribution in [0.2, 0.25) is 0 Å². The fraction of sp³-hybridized carbons (Fsp3) is 0.647. The Balaban J connectivity index is 2.70. The van der Waals surface area contributed by atoms with E-state index in [2.05, 4.69) is 50.4 Å². The van der Waals surface area contributed by atoms with Gasteiger partial charge in [0.2, 0.25) is 0 Å². The molecule has 2 unspecified atom stereocenters. The van der Waals surface area contributed by atoms with E-state index in [-0.39, 0.29) is 0 Å². The second-order valence-electron chi connectivity index (χ2n) is 5.41. The van der Waals surface area contributed by atoms with Gasteiger partial charge < -0.3 is 10.1 Å². The van der Waals surface area contributed by atoms with Crippen molar-refractivity contribution in [2.24, 2.45) is 5.92 Å². The maximum absolute atomic E-state index is 5.23. The highest BCUT2D eigenvalue weighted by atomic mass is 16.5. The molecule has 0 heterocycles. The minimum absolute atomic E-state index is 0.465. The van der Waals surface area contributed by atoms with Crippen LogP contribution in [0.5, 0.6) is 5.75 Å². The lowest BCUT2D eigenvalue weighted by Crippen LogP contribution is -2.24. The fourth-order valence-corrected chi connectivity index (χ4v) is 2.51. The molecule has 0 saturated heterocycles. The summed E-state index contributed by atoms with van der Waals surface area (Å²) < 4.78 is 5.23. The molecule has 0 saturated carbocycles. The molecule has 2 nitrogen and oxygen atoms in total. The van der Waals surface area contributed by atoms with Crippen LogP contribution in [0.4, 0.5) is 0 Å². The Morgan fingerprint density at radius 3 is 2.32 bits per heavy atom. The van der Waals surface area contributed by atoms with Crippen LogP contribution in [0.25, 0.3) is 0 Å². The molecule has 1 aromatic rings. The van der Waals surface area contributed by atoms with Crippen molar-refractivity contribution in [2.75, 3.05) is 13.7 Å². The standard InChI is InChI=1S/C17H29NO/c1-5-7-14(3)13-17(18-12-6-2)15-8-10-16(19-4)11-9-15/h8-11,14,17-18H,5-7,12-13H2,1-4H3. The van der Waals surface area contributed by atoms with Gasteiger partial charge in [-0.25, -0.2) is 0 Å². The van der Waals surface area contributed by atoms with E-state index >= 15 is 0 Å². The van der Waals surface area contributed by atoms with Crippen LogP contribution < -0.4 is 10.1 Å². The predicted octanol–water partition coefficient (Wildman–Crippen LogP) is 4.56. The van der Waals surface area contributed by atoms with Gasteiger partial charge in [0, 0.05) is 6.04 Å². The number of nitrogens with one attached hydrogen (secondary N) is 1. The highest BCUT2D eigenvalue weighted by Crippen LogP contribution is 2.25. The Morgan fingerprint density at radius 1 is 1.11 bits per heavy atom. The molecule has 1 N–H and O–H groups in total. The van der Waals surface area contributed by atoms with Gasteiger partial charge in [-0.05, 0) is 43.0 Å². The molecule has 0 aliphatic rings. The van der Waals surface area contributed by atoms with Gasteiger partial charge >= 0.3 is 0 Å². The number of benzene rings is 1. The van der Waals surface area contributed by atoms with E-state index in [1.54, 1.807) is 7.11 Å². The Bertz CT molecular complexity index is 334. The second-order valence-corrected chi connectivity index (χ2v) is 5.41. The lowest BCUT2D eigenvalue weighted by molar-refractivity contribution is 0.388. The summed E-state index contributed by atoms with van der Waals surface area (Å²) in [5.74, 6) is 1.70. The first-order valence-electron chi connectivity index (χ1n) is 7.58. The van der Waals surface area contributed by atoms with Crippen molar-refractivity contribution < 1.29 is 4.74 Å². The van der Waals surface area contributed by atoms with Gasteiger partial charge in [0.25, 0.3) is 0 Å². The van der Waals surface area contributed by atoms with E-state index in [1.807, 2.05) is 0 Å². The molecule has 0 spiro atoms. The molecule has 19 heavy (non-hydrogen) atoms. The molecule has 2 atom stereocenters. The first-order valence-corrected chi connectivity index (χ1v) is 7.58. The van der Waals surface area contributed by atoms with Gasteiger partial charge in [0.05, 0.1) is 7.11 Å². The van der Waals surface area contributed by atoms with Crippen molar-refractivity contribution in [3.8, 4) is 5.75 Å². The highest BCUT2D eigenvalue weighted by Gasteiger charge is 2.14. The summed E-state index contributed by atoms with van der Waals surface area (Å²) in [5, 5.41) is 3.67. The summed E-state index contributed by atoms with van der Waals surface area (Å²) in [6, 6.07) is 8.95. The van der Waals surface area contributed by atoms with E-state index in [4.69, 9.17) is 4.74 Å². The Kier molecular flexibility index (Phi) is 7.57.